The zero-order valence-electron chi connectivity index (χ0n) is 14.5. The Kier molecular flexibility index (Phi) is 8.74. The largest absolute Gasteiger partial charge is 0.310 e. The van der Waals surface area contributed by atoms with Gasteiger partial charge in [0.1, 0.15) is 0 Å². The van der Waals surface area contributed by atoms with E-state index in [1.54, 1.807) is 0 Å². The summed E-state index contributed by atoms with van der Waals surface area (Å²) >= 11 is 0. The number of likely N-dealkylation sites (N-methyl/N-ethyl adjacent to an activating group) is 1. The molecule has 0 amide bonds. The van der Waals surface area contributed by atoms with Gasteiger partial charge in [-0.2, -0.15) is 0 Å². The van der Waals surface area contributed by atoms with Crippen LogP contribution < -0.4 is 5.32 Å². The third-order valence-corrected chi connectivity index (χ3v) is 4.85. The Labute approximate surface area is 127 Å². The second-order valence-corrected chi connectivity index (χ2v) is 6.52. The molecule has 0 spiro atoms. The van der Waals surface area contributed by atoms with E-state index in [4.69, 9.17) is 0 Å². The Morgan fingerprint density at radius 2 is 1.70 bits per heavy atom. The lowest BCUT2D eigenvalue weighted by atomic mass is 9.90. The zero-order chi connectivity index (χ0) is 15.0. The Morgan fingerprint density at radius 3 is 2.20 bits per heavy atom. The van der Waals surface area contributed by atoms with Crippen molar-refractivity contribution in [3.8, 4) is 0 Å². The standard InChI is InChI=1S/C17H37N3/c1-6-11-20-12-9-17(10-13-20)16(5)18-15(4)14-19(7-2)8-3/h15-18H,6-14H2,1-5H3. The van der Waals surface area contributed by atoms with Crippen molar-refractivity contribution in [3.05, 3.63) is 0 Å². The summed E-state index contributed by atoms with van der Waals surface area (Å²) in [5.74, 6) is 0.863. The van der Waals surface area contributed by atoms with Crippen LogP contribution in [0, 0.1) is 5.92 Å². The van der Waals surface area contributed by atoms with Crippen molar-refractivity contribution in [2.75, 3.05) is 39.3 Å². The summed E-state index contributed by atoms with van der Waals surface area (Å²) in [6.07, 6.45) is 4.03. The van der Waals surface area contributed by atoms with Gasteiger partial charge in [0, 0.05) is 18.6 Å². The molecule has 3 heteroatoms. The monoisotopic (exact) mass is 283 g/mol. The van der Waals surface area contributed by atoms with Crippen molar-refractivity contribution in [2.24, 2.45) is 5.92 Å². The fourth-order valence-corrected chi connectivity index (χ4v) is 3.50. The molecule has 120 valence electrons. The highest BCUT2D eigenvalue weighted by molar-refractivity contribution is 4.81. The minimum atomic E-state index is 0.596. The van der Waals surface area contributed by atoms with Crippen LogP contribution in [0.4, 0.5) is 0 Å². The van der Waals surface area contributed by atoms with E-state index in [1.165, 1.54) is 45.4 Å². The number of rotatable bonds is 9. The maximum Gasteiger partial charge on any atom is 0.0169 e. The van der Waals surface area contributed by atoms with Gasteiger partial charge in [-0.1, -0.05) is 20.8 Å². The molecule has 1 aliphatic rings. The topological polar surface area (TPSA) is 18.5 Å². The summed E-state index contributed by atoms with van der Waals surface area (Å²) in [4.78, 5) is 5.14. The lowest BCUT2D eigenvalue weighted by Gasteiger charge is -2.36. The van der Waals surface area contributed by atoms with Crippen molar-refractivity contribution in [1.82, 2.24) is 15.1 Å². The molecule has 1 rings (SSSR count). The highest BCUT2D eigenvalue weighted by Crippen LogP contribution is 2.21. The van der Waals surface area contributed by atoms with Gasteiger partial charge in [0.2, 0.25) is 0 Å². The van der Waals surface area contributed by atoms with E-state index in [0.29, 0.717) is 12.1 Å². The zero-order valence-corrected chi connectivity index (χ0v) is 14.5. The molecule has 0 aromatic rings. The van der Waals surface area contributed by atoms with Crippen molar-refractivity contribution >= 4 is 0 Å². The molecule has 0 saturated carbocycles. The first kappa shape index (κ1) is 17.9. The van der Waals surface area contributed by atoms with Gasteiger partial charge in [-0.25, -0.2) is 0 Å². The lowest BCUT2D eigenvalue weighted by Crippen LogP contribution is -2.48. The van der Waals surface area contributed by atoms with Crippen LogP contribution in [0.25, 0.3) is 0 Å². The molecule has 1 aliphatic heterocycles. The van der Waals surface area contributed by atoms with Crippen LogP contribution in [0.1, 0.15) is 53.9 Å². The van der Waals surface area contributed by atoms with Crippen molar-refractivity contribution < 1.29 is 0 Å². The van der Waals surface area contributed by atoms with E-state index in [2.05, 4.69) is 49.7 Å². The van der Waals surface area contributed by atoms with Gasteiger partial charge in [-0.05, 0) is 71.8 Å². The summed E-state index contributed by atoms with van der Waals surface area (Å²) < 4.78 is 0. The number of hydrogen-bond donors (Lipinski definition) is 1. The van der Waals surface area contributed by atoms with E-state index in [-0.39, 0.29) is 0 Å². The predicted molar refractivity (Wildman–Crippen MR) is 89.3 cm³/mol. The number of nitrogens with zero attached hydrogens (tertiary/aromatic N) is 2. The molecule has 0 radical (unpaired) electrons. The van der Waals surface area contributed by atoms with E-state index < -0.39 is 0 Å². The van der Waals surface area contributed by atoms with Gasteiger partial charge in [0.15, 0.2) is 0 Å². The molecule has 2 atom stereocenters. The fourth-order valence-electron chi connectivity index (χ4n) is 3.50. The first-order valence-electron chi connectivity index (χ1n) is 8.81. The maximum absolute atomic E-state index is 3.84. The molecule has 0 aromatic heterocycles. The van der Waals surface area contributed by atoms with Crippen molar-refractivity contribution in [3.63, 3.8) is 0 Å². The lowest BCUT2D eigenvalue weighted by molar-refractivity contribution is 0.154. The van der Waals surface area contributed by atoms with Gasteiger partial charge >= 0.3 is 0 Å². The normalized spacial score (nSPS) is 21.3. The molecule has 0 aliphatic carbocycles. The second-order valence-electron chi connectivity index (χ2n) is 6.52. The van der Waals surface area contributed by atoms with Crippen LogP contribution in [0.15, 0.2) is 0 Å². The maximum atomic E-state index is 3.84. The van der Waals surface area contributed by atoms with Crippen LogP contribution in [-0.2, 0) is 0 Å². The van der Waals surface area contributed by atoms with E-state index in [1.807, 2.05) is 0 Å². The first-order chi connectivity index (χ1) is 9.60. The molecular formula is C17H37N3. The average Bonchev–Trinajstić information content (AvgIpc) is 2.45. The van der Waals surface area contributed by atoms with Gasteiger partial charge in [0.05, 0.1) is 0 Å². The van der Waals surface area contributed by atoms with E-state index >= 15 is 0 Å². The van der Waals surface area contributed by atoms with Crippen LogP contribution in [0.5, 0.6) is 0 Å². The minimum Gasteiger partial charge on any atom is -0.310 e. The van der Waals surface area contributed by atoms with E-state index in [9.17, 15) is 0 Å². The van der Waals surface area contributed by atoms with Crippen LogP contribution in [0.3, 0.4) is 0 Å². The van der Waals surface area contributed by atoms with Gasteiger partial charge in [-0.3, -0.25) is 0 Å². The number of piperidine rings is 1. The van der Waals surface area contributed by atoms with Crippen LogP contribution in [0.2, 0.25) is 0 Å². The Morgan fingerprint density at radius 1 is 1.10 bits per heavy atom. The SMILES string of the molecule is CCCN1CCC(C(C)NC(C)CN(CC)CC)CC1. The number of likely N-dealkylation sites (tertiary alicyclic amines) is 1. The van der Waals surface area contributed by atoms with Crippen molar-refractivity contribution in [1.29, 1.82) is 0 Å². The quantitative estimate of drug-likeness (QED) is 0.702. The highest BCUT2D eigenvalue weighted by Gasteiger charge is 2.24. The molecule has 1 fully saturated rings. The number of nitrogens with one attached hydrogen (secondary N) is 1. The first-order valence-corrected chi connectivity index (χ1v) is 8.81. The van der Waals surface area contributed by atoms with Crippen LogP contribution >= 0.6 is 0 Å². The second kappa shape index (κ2) is 9.75. The summed E-state index contributed by atoms with van der Waals surface area (Å²) in [5.41, 5.74) is 0. The smallest absolute Gasteiger partial charge is 0.0169 e. The molecule has 20 heavy (non-hydrogen) atoms. The molecule has 1 N–H and O–H groups in total. The van der Waals surface area contributed by atoms with Crippen molar-refractivity contribution in [2.45, 2.75) is 66.0 Å². The molecular weight excluding hydrogens is 246 g/mol. The Hall–Kier alpha value is -0.120. The van der Waals surface area contributed by atoms with Gasteiger partial charge in [0.25, 0.3) is 0 Å². The third kappa shape index (κ3) is 6.11. The fraction of sp³-hybridized carbons (Fsp3) is 1.00. The molecule has 1 heterocycles. The third-order valence-electron chi connectivity index (χ3n) is 4.85. The average molecular weight is 284 g/mol. The highest BCUT2D eigenvalue weighted by atomic mass is 15.1. The Balaban J connectivity index is 2.27. The molecule has 0 aromatic carbocycles. The summed E-state index contributed by atoms with van der Waals surface area (Å²) in [6.45, 7) is 18.9. The number of hydrogen-bond acceptors (Lipinski definition) is 3. The van der Waals surface area contributed by atoms with E-state index in [0.717, 1.165) is 19.0 Å². The van der Waals surface area contributed by atoms with Gasteiger partial charge < -0.3 is 15.1 Å². The predicted octanol–water partition coefficient (Wildman–Crippen LogP) is 2.82. The summed E-state index contributed by atoms with van der Waals surface area (Å²) in [6, 6.07) is 1.25. The molecule has 3 nitrogen and oxygen atoms in total. The Bertz CT molecular complexity index is 232. The molecule has 1 saturated heterocycles. The molecule has 2 unspecified atom stereocenters. The summed E-state index contributed by atoms with van der Waals surface area (Å²) in [5, 5.41) is 3.84. The molecule has 0 bridgehead atoms. The summed E-state index contributed by atoms with van der Waals surface area (Å²) in [7, 11) is 0. The van der Waals surface area contributed by atoms with Gasteiger partial charge in [-0.15, -0.1) is 0 Å². The minimum absolute atomic E-state index is 0.596. The van der Waals surface area contributed by atoms with Crippen LogP contribution in [-0.4, -0.2) is 61.2 Å².